The van der Waals surface area contributed by atoms with Crippen LogP contribution in [0.5, 0.6) is 0 Å². The second-order valence-corrected chi connectivity index (χ2v) is 9.20. The van der Waals surface area contributed by atoms with Crippen molar-refractivity contribution in [3.63, 3.8) is 0 Å². The molecule has 9 heteroatoms. The molecule has 2 saturated heterocycles. The van der Waals surface area contributed by atoms with E-state index in [-0.39, 0.29) is 11.6 Å². The van der Waals surface area contributed by atoms with E-state index in [1.165, 1.54) is 47.6 Å². The van der Waals surface area contributed by atoms with Gasteiger partial charge in [0.1, 0.15) is 5.69 Å². The number of nitrogens with zero attached hydrogens (tertiary/aromatic N) is 5. The van der Waals surface area contributed by atoms with Crippen molar-refractivity contribution in [3.8, 4) is 0 Å². The Morgan fingerprint density at radius 3 is 2.86 bits per heavy atom. The van der Waals surface area contributed by atoms with Crippen molar-refractivity contribution in [2.45, 2.75) is 45.4 Å². The molecule has 1 N–H and O–H groups in total. The topological polar surface area (TPSA) is 82.8 Å². The summed E-state index contributed by atoms with van der Waals surface area (Å²) >= 11 is 1.38. The molecule has 4 heterocycles. The van der Waals surface area contributed by atoms with E-state index in [1.54, 1.807) is 0 Å². The summed E-state index contributed by atoms with van der Waals surface area (Å²) in [6.07, 6.45) is 7.13. The maximum absolute atomic E-state index is 12.7. The largest absolute Gasteiger partial charge is 0.351 e. The fourth-order valence-corrected chi connectivity index (χ4v) is 5.18. The van der Waals surface area contributed by atoms with E-state index in [0.717, 1.165) is 50.7 Å². The molecule has 0 radical (unpaired) electrons. The summed E-state index contributed by atoms with van der Waals surface area (Å²) in [4.78, 5) is 34.0. The number of likely N-dealkylation sites (tertiary alicyclic amines) is 1. The first kappa shape index (κ1) is 20.3. The molecule has 2 aromatic rings. The van der Waals surface area contributed by atoms with Gasteiger partial charge in [-0.1, -0.05) is 24.7 Å². The second-order valence-electron chi connectivity index (χ2n) is 8.26. The van der Waals surface area contributed by atoms with Crippen LogP contribution in [-0.2, 0) is 0 Å². The quantitative estimate of drug-likeness (QED) is 0.723. The van der Waals surface area contributed by atoms with Gasteiger partial charge >= 0.3 is 0 Å². The zero-order valence-corrected chi connectivity index (χ0v) is 17.9. The summed E-state index contributed by atoms with van der Waals surface area (Å²) < 4.78 is 1.53. The fraction of sp³-hybridized carbons (Fsp3) is 0.700. The molecule has 0 spiro atoms. The molecule has 1 unspecified atom stereocenters. The average molecular weight is 419 g/mol. The van der Waals surface area contributed by atoms with Crippen LogP contribution < -0.4 is 15.8 Å². The van der Waals surface area contributed by atoms with Gasteiger partial charge in [0.25, 0.3) is 11.5 Å². The predicted molar refractivity (Wildman–Crippen MR) is 115 cm³/mol. The monoisotopic (exact) mass is 418 g/mol. The predicted octanol–water partition coefficient (Wildman–Crippen LogP) is 1.99. The number of nitrogens with one attached hydrogen (secondary N) is 1. The van der Waals surface area contributed by atoms with E-state index in [2.05, 4.69) is 32.1 Å². The third-order valence-corrected chi connectivity index (χ3v) is 6.76. The summed E-state index contributed by atoms with van der Waals surface area (Å²) in [5, 5.41) is 8.40. The lowest BCUT2D eigenvalue weighted by atomic mass is 10.0. The van der Waals surface area contributed by atoms with Crippen molar-refractivity contribution < 1.29 is 4.79 Å². The number of anilines is 1. The van der Waals surface area contributed by atoms with Crippen LogP contribution in [0.25, 0.3) is 4.96 Å². The Morgan fingerprint density at radius 1 is 1.24 bits per heavy atom. The molecule has 1 atom stereocenters. The lowest BCUT2D eigenvalue weighted by molar-refractivity contribution is 0.0943. The zero-order valence-electron chi connectivity index (χ0n) is 17.1. The molecule has 0 aromatic carbocycles. The number of aromatic nitrogens is 3. The standard InChI is InChI=1S/C20H30N6O2S/c1-15-7-5-12-25(14-15)20-23-26-16(13-17(27)22-19(26)29-20)18(28)21-8-6-11-24-9-3-2-4-10-24/h13,15H,2-12,14H2,1H3,(H,21,28). The molecule has 2 aliphatic heterocycles. The Morgan fingerprint density at radius 2 is 2.07 bits per heavy atom. The molecule has 29 heavy (non-hydrogen) atoms. The third-order valence-electron chi connectivity index (χ3n) is 5.79. The van der Waals surface area contributed by atoms with Crippen LogP contribution in [0.15, 0.2) is 10.9 Å². The smallest absolute Gasteiger partial charge is 0.274 e. The van der Waals surface area contributed by atoms with Gasteiger partial charge in [0.15, 0.2) is 0 Å². The van der Waals surface area contributed by atoms with Crippen molar-refractivity contribution in [2.24, 2.45) is 5.92 Å². The number of fused-ring (bicyclic) bond motifs is 1. The van der Waals surface area contributed by atoms with Gasteiger partial charge in [0.05, 0.1) is 0 Å². The Balaban J connectivity index is 1.43. The number of carbonyl (C=O) groups excluding carboxylic acids is 1. The highest BCUT2D eigenvalue weighted by Crippen LogP contribution is 2.27. The summed E-state index contributed by atoms with van der Waals surface area (Å²) in [6.45, 7) is 8.05. The van der Waals surface area contributed by atoms with Gasteiger partial charge in [-0.25, -0.2) is 0 Å². The molecular weight excluding hydrogens is 388 g/mol. The average Bonchev–Trinajstić information content (AvgIpc) is 3.15. The van der Waals surface area contributed by atoms with E-state index in [4.69, 9.17) is 0 Å². The maximum atomic E-state index is 12.7. The van der Waals surface area contributed by atoms with Gasteiger partial charge in [-0.3, -0.25) is 9.59 Å². The molecule has 1 amide bonds. The van der Waals surface area contributed by atoms with Crippen LogP contribution >= 0.6 is 11.3 Å². The van der Waals surface area contributed by atoms with Crippen molar-refractivity contribution in [2.75, 3.05) is 44.2 Å². The highest BCUT2D eigenvalue weighted by molar-refractivity contribution is 7.20. The maximum Gasteiger partial charge on any atom is 0.274 e. The first-order chi connectivity index (χ1) is 14.1. The molecule has 0 bridgehead atoms. The van der Waals surface area contributed by atoms with Gasteiger partial charge in [-0.2, -0.15) is 9.50 Å². The van der Waals surface area contributed by atoms with Crippen LogP contribution in [0.2, 0.25) is 0 Å². The lowest BCUT2D eigenvalue weighted by Gasteiger charge is -2.30. The minimum absolute atomic E-state index is 0.262. The van der Waals surface area contributed by atoms with Crippen molar-refractivity contribution >= 4 is 27.3 Å². The minimum atomic E-state index is -0.398. The van der Waals surface area contributed by atoms with Crippen molar-refractivity contribution in [1.82, 2.24) is 24.8 Å². The molecule has 0 aliphatic carbocycles. The summed E-state index contributed by atoms with van der Waals surface area (Å²) in [7, 11) is 0. The number of carbonyl (C=O) groups is 1. The van der Waals surface area contributed by atoms with Crippen LogP contribution in [0.3, 0.4) is 0 Å². The summed E-state index contributed by atoms with van der Waals surface area (Å²) in [5.41, 5.74) is -0.129. The van der Waals surface area contributed by atoms with Crippen molar-refractivity contribution in [1.29, 1.82) is 0 Å². The molecular formula is C20H30N6O2S. The highest BCUT2D eigenvalue weighted by atomic mass is 32.1. The Hall–Kier alpha value is -2.00. The van der Waals surface area contributed by atoms with Crippen molar-refractivity contribution in [3.05, 3.63) is 22.1 Å². The van der Waals surface area contributed by atoms with Crippen LogP contribution in [0.4, 0.5) is 5.13 Å². The van der Waals surface area contributed by atoms with Gasteiger partial charge in [0, 0.05) is 25.7 Å². The molecule has 2 aliphatic rings. The SMILES string of the molecule is CC1CCCN(c2nn3c(C(=O)NCCCN4CCCCC4)cc(=O)nc3s2)C1. The number of rotatable bonds is 6. The summed E-state index contributed by atoms with van der Waals surface area (Å²) in [5.74, 6) is 0.355. The first-order valence-corrected chi connectivity index (χ1v) is 11.6. The third kappa shape index (κ3) is 4.95. The van der Waals surface area contributed by atoms with Gasteiger partial charge in [-0.15, -0.1) is 5.10 Å². The van der Waals surface area contributed by atoms with E-state index in [0.29, 0.717) is 17.4 Å². The number of hydrogen-bond acceptors (Lipinski definition) is 7. The molecule has 2 aromatic heterocycles. The van der Waals surface area contributed by atoms with Crippen LogP contribution in [-0.4, -0.2) is 64.7 Å². The van der Waals surface area contributed by atoms with E-state index in [1.807, 2.05) is 0 Å². The molecule has 8 nitrogen and oxygen atoms in total. The van der Waals surface area contributed by atoms with E-state index >= 15 is 0 Å². The Bertz CT molecular complexity index is 904. The fourth-order valence-electron chi connectivity index (χ4n) is 4.24. The summed E-state index contributed by atoms with van der Waals surface area (Å²) in [6, 6.07) is 1.29. The van der Waals surface area contributed by atoms with Crippen LogP contribution in [0.1, 0.15) is 55.9 Å². The second kappa shape index (κ2) is 9.21. The molecule has 2 fully saturated rings. The lowest BCUT2D eigenvalue weighted by Crippen LogP contribution is -2.34. The molecule has 0 saturated carbocycles. The van der Waals surface area contributed by atoms with Crippen LogP contribution in [0, 0.1) is 5.92 Å². The number of hydrogen-bond donors (Lipinski definition) is 1. The Labute approximate surface area is 174 Å². The minimum Gasteiger partial charge on any atom is -0.351 e. The number of piperidine rings is 2. The van der Waals surface area contributed by atoms with Gasteiger partial charge in [-0.05, 0) is 57.7 Å². The first-order valence-electron chi connectivity index (χ1n) is 10.8. The normalized spacial score (nSPS) is 20.9. The highest BCUT2D eigenvalue weighted by Gasteiger charge is 2.22. The van der Waals surface area contributed by atoms with E-state index in [9.17, 15) is 9.59 Å². The molecule has 158 valence electrons. The molecule has 4 rings (SSSR count). The van der Waals surface area contributed by atoms with E-state index < -0.39 is 5.56 Å². The van der Waals surface area contributed by atoms with Gasteiger partial charge in [0.2, 0.25) is 10.1 Å². The zero-order chi connectivity index (χ0) is 20.2. The number of amides is 1. The van der Waals surface area contributed by atoms with Gasteiger partial charge < -0.3 is 15.1 Å². The Kier molecular flexibility index (Phi) is 6.44.